The number of nitrogens with one attached hydrogen (secondary N) is 1. The number of benzene rings is 1. The molecule has 2 atom stereocenters. The lowest BCUT2D eigenvalue weighted by molar-refractivity contribution is -0.181. The Hall–Kier alpha value is -0.103. The van der Waals surface area contributed by atoms with Gasteiger partial charge >= 0.3 is 0 Å². The Morgan fingerprint density at radius 3 is 2.15 bits per heavy atom. The molecule has 27 heavy (non-hydrogen) atoms. The number of halogens is 2. The van der Waals surface area contributed by atoms with E-state index in [4.69, 9.17) is 32.4 Å². The largest absolute Gasteiger partial charge is 0.409 e. The quantitative estimate of drug-likeness (QED) is 0.427. The van der Waals surface area contributed by atoms with E-state index in [1.807, 2.05) is 19.1 Å². The van der Waals surface area contributed by atoms with Crippen LogP contribution < -0.4 is 5.32 Å². The van der Waals surface area contributed by atoms with Crippen molar-refractivity contribution in [1.29, 1.82) is 0 Å². The normalized spacial score (nSPS) is 20.4. The van der Waals surface area contributed by atoms with Gasteiger partial charge in [-0.1, -0.05) is 44.0 Å². The van der Waals surface area contributed by atoms with Gasteiger partial charge in [-0.05, 0) is 56.6 Å². The molecule has 0 saturated carbocycles. The molecule has 1 N–H and O–H groups in total. The molecule has 1 aliphatic rings. The lowest BCUT2D eigenvalue weighted by atomic mass is 9.93. The fourth-order valence-electron chi connectivity index (χ4n) is 4.00. The summed E-state index contributed by atoms with van der Waals surface area (Å²) in [5, 5.41) is 4.93. The molecule has 1 aliphatic heterocycles. The third-order valence-electron chi connectivity index (χ3n) is 5.78. The van der Waals surface area contributed by atoms with Gasteiger partial charge < -0.3 is 14.5 Å². The maximum absolute atomic E-state index is 6.81. The van der Waals surface area contributed by atoms with E-state index >= 15 is 0 Å². The van der Waals surface area contributed by atoms with Crippen molar-refractivity contribution >= 4 is 31.5 Å². The van der Waals surface area contributed by atoms with Crippen molar-refractivity contribution in [3.05, 3.63) is 33.3 Å². The minimum absolute atomic E-state index is 0.0144. The fourth-order valence-corrected chi connectivity index (χ4v) is 7.65. The minimum Gasteiger partial charge on any atom is -0.409 e. The van der Waals surface area contributed by atoms with E-state index in [-0.39, 0.29) is 17.8 Å². The molecule has 1 unspecified atom stereocenters. The average molecular weight is 433 g/mol. The van der Waals surface area contributed by atoms with Crippen molar-refractivity contribution in [3.8, 4) is 0 Å². The molecule has 1 aromatic rings. The van der Waals surface area contributed by atoms with E-state index in [9.17, 15) is 0 Å². The van der Waals surface area contributed by atoms with Gasteiger partial charge in [0.2, 0.25) is 0 Å². The second kappa shape index (κ2) is 9.60. The van der Waals surface area contributed by atoms with Crippen LogP contribution >= 0.6 is 23.2 Å². The summed E-state index contributed by atoms with van der Waals surface area (Å²) in [4.78, 5) is 0. The summed E-state index contributed by atoms with van der Waals surface area (Å²) < 4.78 is 12.7. The number of hydrogen-bond acceptors (Lipinski definition) is 3. The van der Waals surface area contributed by atoms with E-state index in [1.165, 1.54) is 0 Å². The summed E-state index contributed by atoms with van der Waals surface area (Å²) in [5.41, 5.74) is 2.00. The molecule has 0 aromatic heterocycles. The highest BCUT2D eigenvalue weighted by molar-refractivity contribution is 6.73. The second-order valence-electron chi connectivity index (χ2n) is 8.35. The molecular weight excluding hydrogens is 397 g/mol. The zero-order valence-electron chi connectivity index (χ0n) is 17.6. The molecule has 0 amide bonds. The SMILES string of the molecule is CC[Si](CC)(CC)OC(CNC[C@@H]1CC(C)(C)O1)c1c(Cl)cc(C)cc1Cl. The fraction of sp³-hybridized carbons (Fsp3) is 0.714. The standard InChI is InChI=1S/C21H35Cl2NO2Si/c1-7-27(8-2,9-3)26-19(14-24-13-16-12-21(5,6)25-16)20-17(22)10-15(4)11-18(20)23/h10-11,16,19,24H,7-9,12-14H2,1-6H3/t16-,19?/m0/s1. The van der Waals surface area contributed by atoms with E-state index in [1.54, 1.807) is 0 Å². The molecular formula is C21H35Cl2NO2Si. The van der Waals surface area contributed by atoms with Crippen LogP contribution in [0.4, 0.5) is 0 Å². The zero-order chi connectivity index (χ0) is 20.2. The van der Waals surface area contributed by atoms with Crippen molar-refractivity contribution < 1.29 is 9.16 Å². The van der Waals surface area contributed by atoms with Crippen LogP contribution in [0.3, 0.4) is 0 Å². The highest BCUT2D eigenvalue weighted by Gasteiger charge is 2.37. The predicted octanol–water partition coefficient (Wildman–Crippen LogP) is 6.52. The summed E-state index contributed by atoms with van der Waals surface area (Å²) in [5.74, 6) is 0. The molecule has 3 nitrogen and oxygen atoms in total. The molecule has 0 aliphatic carbocycles. The van der Waals surface area contributed by atoms with Crippen LogP contribution in [-0.4, -0.2) is 33.1 Å². The molecule has 1 aromatic carbocycles. The van der Waals surface area contributed by atoms with Crippen LogP contribution in [0.1, 0.15) is 58.3 Å². The zero-order valence-corrected chi connectivity index (χ0v) is 20.1. The van der Waals surface area contributed by atoms with Crippen LogP contribution in [-0.2, 0) is 9.16 Å². The second-order valence-corrected chi connectivity index (χ2v) is 13.9. The van der Waals surface area contributed by atoms with Crippen molar-refractivity contribution in [2.75, 3.05) is 13.1 Å². The number of hydrogen-bond donors (Lipinski definition) is 1. The molecule has 2 rings (SSSR count). The van der Waals surface area contributed by atoms with Gasteiger partial charge in [0, 0.05) is 35.1 Å². The molecule has 1 heterocycles. The lowest BCUT2D eigenvalue weighted by Gasteiger charge is -2.43. The first-order chi connectivity index (χ1) is 12.6. The van der Waals surface area contributed by atoms with Crippen LogP contribution in [0.5, 0.6) is 0 Å². The van der Waals surface area contributed by atoms with E-state index in [0.717, 1.165) is 42.2 Å². The highest BCUT2D eigenvalue weighted by Crippen LogP contribution is 2.37. The summed E-state index contributed by atoms with van der Waals surface area (Å²) in [6.45, 7) is 14.5. The minimum atomic E-state index is -1.81. The molecule has 0 bridgehead atoms. The Kier molecular flexibility index (Phi) is 8.24. The lowest BCUT2D eigenvalue weighted by Crippen LogP contribution is -2.50. The first kappa shape index (κ1) is 23.2. The van der Waals surface area contributed by atoms with Gasteiger partial charge in [0.1, 0.15) is 0 Å². The van der Waals surface area contributed by atoms with Crippen LogP contribution in [0.25, 0.3) is 0 Å². The van der Waals surface area contributed by atoms with Crippen molar-refractivity contribution in [1.82, 2.24) is 5.32 Å². The number of ether oxygens (including phenoxy) is 1. The summed E-state index contributed by atoms with van der Waals surface area (Å²) in [7, 11) is -1.81. The van der Waals surface area contributed by atoms with E-state index < -0.39 is 8.32 Å². The van der Waals surface area contributed by atoms with Gasteiger partial charge in [-0.3, -0.25) is 0 Å². The summed E-state index contributed by atoms with van der Waals surface area (Å²) in [6.07, 6.45) is 1.22. The number of aryl methyl sites for hydroxylation is 1. The predicted molar refractivity (Wildman–Crippen MR) is 119 cm³/mol. The molecule has 6 heteroatoms. The Morgan fingerprint density at radius 1 is 1.19 bits per heavy atom. The Balaban J connectivity index is 2.16. The van der Waals surface area contributed by atoms with Crippen LogP contribution in [0.15, 0.2) is 12.1 Å². The summed E-state index contributed by atoms with van der Waals surface area (Å²) in [6, 6.07) is 7.24. The highest BCUT2D eigenvalue weighted by atomic mass is 35.5. The summed E-state index contributed by atoms with van der Waals surface area (Å²) >= 11 is 13.2. The van der Waals surface area contributed by atoms with Crippen LogP contribution in [0.2, 0.25) is 28.2 Å². The maximum Gasteiger partial charge on any atom is 0.192 e. The van der Waals surface area contributed by atoms with E-state index in [2.05, 4.69) is 39.9 Å². The third kappa shape index (κ3) is 5.94. The first-order valence-electron chi connectivity index (χ1n) is 10.2. The number of rotatable bonds is 10. The monoisotopic (exact) mass is 431 g/mol. The topological polar surface area (TPSA) is 30.5 Å². The van der Waals surface area contributed by atoms with Gasteiger partial charge in [0.25, 0.3) is 0 Å². The molecule has 0 spiro atoms. The van der Waals surface area contributed by atoms with E-state index in [0.29, 0.717) is 16.6 Å². The Bertz CT molecular complexity index is 595. The molecule has 1 fully saturated rings. The van der Waals surface area contributed by atoms with Crippen molar-refractivity contribution in [3.63, 3.8) is 0 Å². The Labute approximate surface area is 176 Å². The first-order valence-corrected chi connectivity index (χ1v) is 13.5. The maximum atomic E-state index is 6.81. The van der Waals surface area contributed by atoms with Crippen molar-refractivity contribution in [2.24, 2.45) is 0 Å². The molecule has 0 radical (unpaired) electrons. The third-order valence-corrected chi connectivity index (χ3v) is 11.1. The van der Waals surface area contributed by atoms with Crippen LogP contribution in [0, 0.1) is 6.92 Å². The van der Waals surface area contributed by atoms with Gasteiger partial charge in [0.15, 0.2) is 8.32 Å². The van der Waals surface area contributed by atoms with Gasteiger partial charge in [-0.25, -0.2) is 0 Å². The average Bonchev–Trinajstić information content (AvgIpc) is 2.56. The van der Waals surface area contributed by atoms with Gasteiger partial charge in [-0.15, -0.1) is 0 Å². The van der Waals surface area contributed by atoms with Crippen molar-refractivity contribution in [2.45, 2.75) is 83.9 Å². The van der Waals surface area contributed by atoms with Gasteiger partial charge in [0.05, 0.1) is 17.8 Å². The smallest absolute Gasteiger partial charge is 0.192 e. The molecule has 1 saturated heterocycles. The Morgan fingerprint density at radius 2 is 1.70 bits per heavy atom. The molecule has 154 valence electrons. The van der Waals surface area contributed by atoms with Gasteiger partial charge in [-0.2, -0.15) is 0 Å².